The molecule has 0 spiro atoms. The summed E-state index contributed by atoms with van der Waals surface area (Å²) in [6, 6.07) is 9.27. The van der Waals surface area contributed by atoms with E-state index in [0.29, 0.717) is 0 Å². The van der Waals surface area contributed by atoms with E-state index in [1.807, 2.05) is 0 Å². The lowest BCUT2D eigenvalue weighted by atomic mass is 9.68. The van der Waals surface area contributed by atoms with Crippen molar-refractivity contribution in [2.75, 3.05) is 6.61 Å². The van der Waals surface area contributed by atoms with Crippen molar-refractivity contribution in [1.82, 2.24) is 0 Å². The molecular formula is C25H38O. The van der Waals surface area contributed by atoms with E-state index in [4.69, 9.17) is 4.74 Å². The zero-order chi connectivity index (χ0) is 18.2. The molecule has 1 nitrogen and oxygen atoms in total. The number of rotatable bonds is 7. The molecule has 0 atom stereocenters. The van der Waals surface area contributed by atoms with Crippen LogP contribution in [-0.4, -0.2) is 6.61 Å². The fraction of sp³-hybridized carbons (Fsp3) is 0.680. The van der Waals surface area contributed by atoms with Gasteiger partial charge in [0.1, 0.15) is 0 Å². The van der Waals surface area contributed by atoms with Gasteiger partial charge in [-0.05, 0) is 99.5 Å². The van der Waals surface area contributed by atoms with Gasteiger partial charge in [0.25, 0.3) is 0 Å². The molecule has 144 valence electrons. The maximum Gasteiger partial charge on any atom is 0.0716 e. The molecule has 0 heterocycles. The molecule has 1 heteroatoms. The lowest BCUT2D eigenvalue weighted by molar-refractivity contribution is 0.121. The second-order valence-electron chi connectivity index (χ2n) is 8.61. The van der Waals surface area contributed by atoms with Gasteiger partial charge in [0, 0.05) is 6.61 Å². The molecule has 0 aliphatic heterocycles. The summed E-state index contributed by atoms with van der Waals surface area (Å²) < 4.78 is 5.65. The Morgan fingerprint density at radius 1 is 0.885 bits per heavy atom. The first-order valence-electron chi connectivity index (χ1n) is 11.1. The summed E-state index contributed by atoms with van der Waals surface area (Å²) >= 11 is 0. The first kappa shape index (κ1) is 19.7. The van der Waals surface area contributed by atoms with Gasteiger partial charge < -0.3 is 4.74 Å². The fourth-order valence-corrected chi connectivity index (χ4v) is 5.23. The molecule has 0 unspecified atom stereocenters. The second-order valence-corrected chi connectivity index (χ2v) is 8.61. The van der Waals surface area contributed by atoms with Crippen molar-refractivity contribution in [3.05, 3.63) is 47.5 Å². The number of hydrogen-bond donors (Lipinski definition) is 0. The predicted octanol–water partition coefficient (Wildman–Crippen LogP) is 7.27. The molecule has 0 aromatic heterocycles. The van der Waals surface area contributed by atoms with Crippen LogP contribution in [0.3, 0.4) is 0 Å². The highest BCUT2D eigenvalue weighted by molar-refractivity contribution is 5.25. The van der Waals surface area contributed by atoms with Crippen LogP contribution in [0.1, 0.15) is 88.7 Å². The van der Waals surface area contributed by atoms with Crippen LogP contribution >= 0.6 is 0 Å². The Morgan fingerprint density at radius 3 is 2.08 bits per heavy atom. The molecule has 2 fully saturated rings. The molecule has 0 amide bonds. The molecule has 2 aliphatic carbocycles. The largest absolute Gasteiger partial charge is 0.377 e. The summed E-state index contributed by atoms with van der Waals surface area (Å²) in [4.78, 5) is 0. The maximum absolute atomic E-state index is 5.65. The standard InChI is InChI=1S/C25H38O/c1-3-5-20-6-10-22(11-7-20)24-14-16-25(17-15-24)23-12-8-21(9-13-23)19-26-18-4-2/h3,5,8-9,12-13,20,22,24-25H,4,6-7,10-11,14-19H2,1-2H3/b5-3+/t20-,22-,24?,25?. The van der Waals surface area contributed by atoms with Crippen molar-refractivity contribution in [2.24, 2.45) is 17.8 Å². The van der Waals surface area contributed by atoms with E-state index in [1.54, 1.807) is 5.56 Å². The third-order valence-corrected chi connectivity index (χ3v) is 6.79. The van der Waals surface area contributed by atoms with Gasteiger partial charge >= 0.3 is 0 Å². The average Bonchev–Trinajstić information content (AvgIpc) is 2.70. The van der Waals surface area contributed by atoms with Crippen LogP contribution in [0.4, 0.5) is 0 Å². The quantitative estimate of drug-likeness (QED) is 0.369. The smallest absolute Gasteiger partial charge is 0.0716 e. The van der Waals surface area contributed by atoms with Crippen molar-refractivity contribution in [1.29, 1.82) is 0 Å². The average molecular weight is 355 g/mol. The van der Waals surface area contributed by atoms with Gasteiger partial charge in [0.2, 0.25) is 0 Å². The van der Waals surface area contributed by atoms with Crippen molar-refractivity contribution in [3.63, 3.8) is 0 Å². The van der Waals surface area contributed by atoms with Crippen molar-refractivity contribution in [3.8, 4) is 0 Å². The third-order valence-electron chi connectivity index (χ3n) is 6.79. The molecule has 26 heavy (non-hydrogen) atoms. The van der Waals surface area contributed by atoms with Crippen LogP contribution in [0.15, 0.2) is 36.4 Å². The molecule has 0 N–H and O–H groups in total. The van der Waals surface area contributed by atoms with Gasteiger partial charge in [0.05, 0.1) is 6.61 Å². The Balaban J connectivity index is 1.43. The van der Waals surface area contributed by atoms with Gasteiger partial charge in [-0.3, -0.25) is 0 Å². The van der Waals surface area contributed by atoms with Crippen LogP contribution in [0, 0.1) is 17.8 Å². The minimum Gasteiger partial charge on any atom is -0.377 e. The van der Waals surface area contributed by atoms with Crippen molar-refractivity contribution >= 4 is 0 Å². The van der Waals surface area contributed by atoms with Gasteiger partial charge in [-0.1, -0.05) is 43.3 Å². The third kappa shape index (κ3) is 5.46. The topological polar surface area (TPSA) is 9.23 Å². The van der Waals surface area contributed by atoms with Crippen LogP contribution in [0.2, 0.25) is 0 Å². The molecule has 1 aromatic carbocycles. The van der Waals surface area contributed by atoms with Gasteiger partial charge in [-0.2, -0.15) is 0 Å². The van der Waals surface area contributed by atoms with E-state index in [2.05, 4.69) is 50.3 Å². The first-order chi connectivity index (χ1) is 12.8. The lowest BCUT2D eigenvalue weighted by Gasteiger charge is -2.37. The van der Waals surface area contributed by atoms with Crippen LogP contribution in [0.5, 0.6) is 0 Å². The minimum atomic E-state index is 0.761. The van der Waals surface area contributed by atoms with Crippen LogP contribution in [0.25, 0.3) is 0 Å². The number of hydrogen-bond acceptors (Lipinski definition) is 1. The summed E-state index contributed by atoms with van der Waals surface area (Å²) in [5.74, 6) is 3.67. The molecule has 2 saturated carbocycles. The zero-order valence-electron chi connectivity index (χ0n) is 17.0. The molecule has 1 aromatic rings. The predicted molar refractivity (Wildman–Crippen MR) is 111 cm³/mol. The Hall–Kier alpha value is -1.08. The minimum absolute atomic E-state index is 0.761. The van der Waals surface area contributed by atoms with E-state index >= 15 is 0 Å². The summed E-state index contributed by atoms with van der Waals surface area (Å²) in [6.45, 7) is 5.95. The first-order valence-corrected chi connectivity index (χ1v) is 11.1. The van der Waals surface area contributed by atoms with Crippen molar-refractivity contribution < 1.29 is 4.74 Å². The van der Waals surface area contributed by atoms with E-state index in [0.717, 1.165) is 43.3 Å². The highest BCUT2D eigenvalue weighted by Crippen LogP contribution is 2.44. The highest BCUT2D eigenvalue weighted by atomic mass is 16.5. The lowest BCUT2D eigenvalue weighted by Crippen LogP contribution is -2.25. The van der Waals surface area contributed by atoms with Gasteiger partial charge in [-0.25, -0.2) is 0 Å². The normalized spacial score (nSPS) is 29.9. The van der Waals surface area contributed by atoms with E-state index < -0.39 is 0 Å². The van der Waals surface area contributed by atoms with Gasteiger partial charge in [0.15, 0.2) is 0 Å². The molecule has 0 bridgehead atoms. The molecule has 0 radical (unpaired) electrons. The zero-order valence-corrected chi connectivity index (χ0v) is 17.0. The number of allylic oxidation sites excluding steroid dienone is 2. The van der Waals surface area contributed by atoms with E-state index in [1.165, 1.54) is 56.9 Å². The fourth-order valence-electron chi connectivity index (χ4n) is 5.23. The maximum atomic E-state index is 5.65. The Kier molecular flexibility index (Phi) is 7.80. The summed E-state index contributed by atoms with van der Waals surface area (Å²) in [5, 5.41) is 0. The number of ether oxygens (including phenoxy) is 1. The van der Waals surface area contributed by atoms with Crippen LogP contribution in [-0.2, 0) is 11.3 Å². The summed E-state index contributed by atoms with van der Waals surface area (Å²) in [5.41, 5.74) is 2.87. The Morgan fingerprint density at radius 2 is 1.50 bits per heavy atom. The molecule has 3 rings (SSSR count). The highest BCUT2D eigenvalue weighted by Gasteiger charge is 2.30. The van der Waals surface area contributed by atoms with E-state index in [-0.39, 0.29) is 0 Å². The van der Waals surface area contributed by atoms with Crippen molar-refractivity contribution in [2.45, 2.75) is 84.2 Å². The molecular weight excluding hydrogens is 316 g/mol. The summed E-state index contributed by atoms with van der Waals surface area (Å²) in [6.07, 6.45) is 17.3. The molecule has 2 aliphatic rings. The van der Waals surface area contributed by atoms with Crippen LogP contribution < -0.4 is 0 Å². The second kappa shape index (κ2) is 10.3. The Labute approximate surface area is 161 Å². The monoisotopic (exact) mass is 354 g/mol. The SMILES string of the molecule is C/C=C/[C@H]1CC[C@H](C2CCC(c3ccc(COCCC)cc3)CC2)CC1. The molecule has 0 saturated heterocycles. The Bertz CT molecular complexity index is 528. The number of benzene rings is 1. The summed E-state index contributed by atoms with van der Waals surface area (Å²) in [7, 11) is 0. The van der Waals surface area contributed by atoms with Gasteiger partial charge in [-0.15, -0.1) is 0 Å². The van der Waals surface area contributed by atoms with E-state index in [9.17, 15) is 0 Å².